The van der Waals surface area contributed by atoms with Crippen molar-refractivity contribution in [2.75, 3.05) is 37.4 Å². The zero-order chi connectivity index (χ0) is 16.9. The summed E-state index contributed by atoms with van der Waals surface area (Å²) in [7, 11) is 1.84. The largest absolute Gasteiger partial charge is 0.381 e. The van der Waals surface area contributed by atoms with Gasteiger partial charge in [-0.2, -0.15) is 10.1 Å². The first-order valence-electron chi connectivity index (χ1n) is 8.42. The van der Waals surface area contributed by atoms with Crippen LogP contribution in [0.2, 0.25) is 0 Å². The molecule has 0 radical (unpaired) electrons. The van der Waals surface area contributed by atoms with Gasteiger partial charge in [0, 0.05) is 38.7 Å². The summed E-state index contributed by atoms with van der Waals surface area (Å²) in [6.07, 6.45) is 1.97. The normalized spacial score (nSPS) is 17.2. The molecule has 130 valence electrons. The molecule has 24 heavy (non-hydrogen) atoms. The molecule has 0 bridgehead atoms. The third kappa shape index (κ3) is 4.00. The smallest absolute Gasteiger partial charge is 0.224 e. The number of aromatic nitrogens is 5. The minimum absolute atomic E-state index is 0.362. The fourth-order valence-electron chi connectivity index (χ4n) is 2.86. The van der Waals surface area contributed by atoms with Crippen LogP contribution in [0.15, 0.2) is 6.07 Å². The summed E-state index contributed by atoms with van der Waals surface area (Å²) in [6.45, 7) is 7.10. The zero-order valence-electron chi connectivity index (χ0n) is 14.5. The van der Waals surface area contributed by atoms with Gasteiger partial charge in [-0.25, -0.2) is 9.97 Å². The molecule has 0 amide bonds. The Kier molecular flexibility index (Phi) is 5.24. The Bertz CT molecular complexity index is 679. The van der Waals surface area contributed by atoms with E-state index in [0.717, 1.165) is 62.3 Å². The second-order valence-corrected chi connectivity index (χ2v) is 6.02. The second-order valence-electron chi connectivity index (χ2n) is 6.02. The van der Waals surface area contributed by atoms with Crippen molar-refractivity contribution in [2.24, 2.45) is 0 Å². The van der Waals surface area contributed by atoms with E-state index >= 15 is 0 Å². The van der Waals surface area contributed by atoms with Crippen LogP contribution in [-0.4, -0.2) is 51.5 Å². The highest BCUT2D eigenvalue weighted by Gasteiger charge is 2.20. The maximum absolute atomic E-state index is 5.47. The van der Waals surface area contributed by atoms with Crippen molar-refractivity contribution in [3.05, 3.63) is 23.4 Å². The lowest BCUT2D eigenvalue weighted by Crippen LogP contribution is -2.12. The van der Waals surface area contributed by atoms with E-state index < -0.39 is 0 Å². The first kappa shape index (κ1) is 16.6. The molecule has 1 saturated heterocycles. The molecule has 8 heteroatoms. The van der Waals surface area contributed by atoms with E-state index in [-0.39, 0.29) is 0 Å². The van der Waals surface area contributed by atoms with Crippen molar-refractivity contribution in [3.63, 3.8) is 0 Å². The van der Waals surface area contributed by atoms with E-state index in [4.69, 9.17) is 4.74 Å². The monoisotopic (exact) mass is 331 g/mol. The highest BCUT2D eigenvalue weighted by Crippen LogP contribution is 2.25. The van der Waals surface area contributed by atoms with E-state index in [2.05, 4.69) is 30.7 Å². The molecule has 8 nitrogen and oxygen atoms in total. The Balaban J connectivity index is 1.57. The molecule has 3 heterocycles. The van der Waals surface area contributed by atoms with E-state index in [1.807, 2.05) is 31.6 Å². The van der Waals surface area contributed by atoms with Gasteiger partial charge >= 0.3 is 0 Å². The fourth-order valence-corrected chi connectivity index (χ4v) is 2.86. The second kappa shape index (κ2) is 7.57. The van der Waals surface area contributed by atoms with Gasteiger partial charge in [-0.3, -0.25) is 4.68 Å². The van der Waals surface area contributed by atoms with Crippen LogP contribution < -0.4 is 10.6 Å². The average molecular weight is 331 g/mol. The lowest BCUT2D eigenvalue weighted by molar-refractivity contribution is 0.193. The van der Waals surface area contributed by atoms with E-state index in [1.54, 1.807) is 0 Å². The Morgan fingerprint density at radius 2 is 2.17 bits per heavy atom. The summed E-state index contributed by atoms with van der Waals surface area (Å²) < 4.78 is 7.41. The molecule has 2 aromatic heterocycles. The number of anilines is 2. The van der Waals surface area contributed by atoms with Gasteiger partial charge in [0.05, 0.1) is 12.3 Å². The van der Waals surface area contributed by atoms with Crippen molar-refractivity contribution < 1.29 is 4.74 Å². The van der Waals surface area contributed by atoms with Crippen LogP contribution in [0.3, 0.4) is 0 Å². The molecule has 3 rings (SSSR count). The van der Waals surface area contributed by atoms with Gasteiger partial charge in [0.2, 0.25) is 5.95 Å². The predicted molar refractivity (Wildman–Crippen MR) is 92.4 cm³/mol. The standard InChI is InChI=1S/C16H25N7O/c1-11-19-12(2)23(22-11)7-4-6-18-15-9-14(13-5-8-24-10-13)20-16(17-3)21-15/h9,13H,4-8,10H2,1-3H3,(H2,17,18,20,21)/t13-/m1/s1. The van der Waals surface area contributed by atoms with Crippen molar-refractivity contribution in [1.82, 2.24) is 24.7 Å². The predicted octanol–water partition coefficient (Wildman–Crippen LogP) is 1.73. The van der Waals surface area contributed by atoms with Crippen LogP contribution in [-0.2, 0) is 11.3 Å². The number of nitrogens with zero attached hydrogens (tertiary/aromatic N) is 5. The minimum atomic E-state index is 0.362. The Morgan fingerprint density at radius 1 is 1.29 bits per heavy atom. The molecular formula is C16H25N7O. The summed E-state index contributed by atoms with van der Waals surface area (Å²) >= 11 is 0. The van der Waals surface area contributed by atoms with Crippen LogP contribution in [0.4, 0.5) is 11.8 Å². The Labute approximate surface area is 142 Å². The Hall–Kier alpha value is -2.22. The van der Waals surface area contributed by atoms with Crippen molar-refractivity contribution in [3.8, 4) is 0 Å². The third-order valence-corrected chi connectivity index (χ3v) is 4.13. The number of nitrogens with one attached hydrogen (secondary N) is 2. The summed E-state index contributed by atoms with van der Waals surface area (Å²) in [6, 6.07) is 2.03. The minimum Gasteiger partial charge on any atom is -0.381 e. The van der Waals surface area contributed by atoms with Crippen molar-refractivity contribution in [1.29, 1.82) is 0 Å². The first-order valence-corrected chi connectivity index (χ1v) is 8.42. The molecule has 1 atom stereocenters. The molecule has 0 spiro atoms. The molecule has 0 saturated carbocycles. The van der Waals surface area contributed by atoms with Gasteiger partial charge in [-0.05, 0) is 26.7 Å². The molecule has 0 aliphatic carbocycles. The van der Waals surface area contributed by atoms with E-state index in [0.29, 0.717) is 11.9 Å². The molecule has 0 unspecified atom stereocenters. The number of hydrogen-bond donors (Lipinski definition) is 2. The molecular weight excluding hydrogens is 306 g/mol. The lowest BCUT2D eigenvalue weighted by Gasteiger charge is -2.12. The van der Waals surface area contributed by atoms with Crippen LogP contribution >= 0.6 is 0 Å². The molecule has 1 aliphatic heterocycles. The zero-order valence-corrected chi connectivity index (χ0v) is 14.5. The van der Waals surface area contributed by atoms with Crippen molar-refractivity contribution >= 4 is 11.8 Å². The maximum Gasteiger partial charge on any atom is 0.224 e. The number of aryl methyl sites for hydroxylation is 3. The summed E-state index contributed by atoms with van der Waals surface area (Å²) in [4.78, 5) is 13.4. The van der Waals surface area contributed by atoms with Gasteiger partial charge in [-0.1, -0.05) is 0 Å². The third-order valence-electron chi connectivity index (χ3n) is 4.13. The molecule has 2 N–H and O–H groups in total. The van der Waals surface area contributed by atoms with E-state index in [1.165, 1.54) is 0 Å². The summed E-state index contributed by atoms with van der Waals surface area (Å²) in [5, 5.41) is 10.8. The van der Waals surface area contributed by atoms with Gasteiger partial charge in [-0.15, -0.1) is 0 Å². The van der Waals surface area contributed by atoms with Gasteiger partial charge in [0.15, 0.2) is 0 Å². The quantitative estimate of drug-likeness (QED) is 0.747. The average Bonchev–Trinajstić information content (AvgIpc) is 3.21. The van der Waals surface area contributed by atoms with E-state index in [9.17, 15) is 0 Å². The van der Waals surface area contributed by atoms with Gasteiger partial charge in [0.25, 0.3) is 0 Å². The fraction of sp³-hybridized carbons (Fsp3) is 0.625. The highest BCUT2D eigenvalue weighted by molar-refractivity contribution is 5.43. The Morgan fingerprint density at radius 3 is 2.83 bits per heavy atom. The highest BCUT2D eigenvalue weighted by atomic mass is 16.5. The van der Waals surface area contributed by atoms with Gasteiger partial charge in [0.1, 0.15) is 17.5 Å². The summed E-state index contributed by atoms with van der Waals surface area (Å²) in [5.74, 6) is 3.63. The van der Waals surface area contributed by atoms with Crippen LogP contribution in [0.1, 0.15) is 36.1 Å². The lowest BCUT2D eigenvalue weighted by atomic mass is 10.0. The number of rotatable bonds is 7. The van der Waals surface area contributed by atoms with Gasteiger partial charge < -0.3 is 15.4 Å². The topological polar surface area (TPSA) is 89.8 Å². The molecule has 0 aromatic carbocycles. The number of ether oxygens (including phenoxy) is 1. The molecule has 1 aliphatic rings. The number of hydrogen-bond acceptors (Lipinski definition) is 7. The summed E-state index contributed by atoms with van der Waals surface area (Å²) in [5.41, 5.74) is 1.04. The molecule has 2 aromatic rings. The van der Waals surface area contributed by atoms with Crippen LogP contribution in [0, 0.1) is 13.8 Å². The van der Waals surface area contributed by atoms with Crippen molar-refractivity contribution in [2.45, 2.75) is 39.2 Å². The first-order chi connectivity index (χ1) is 11.7. The maximum atomic E-state index is 5.47. The molecule has 1 fully saturated rings. The van der Waals surface area contributed by atoms with Crippen LogP contribution in [0.5, 0.6) is 0 Å². The van der Waals surface area contributed by atoms with Crippen LogP contribution in [0.25, 0.3) is 0 Å². The SMILES string of the molecule is CNc1nc(NCCCn2nc(C)nc2C)cc([C@@H]2CCOC2)n1.